The van der Waals surface area contributed by atoms with Gasteiger partial charge in [0, 0.05) is 37.3 Å². The van der Waals surface area contributed by atoms with Gasteiger partial charge in [-0.15, -0.1) is 0 Å². The topological polar surface area (TPSA) is 70.8 Å². The first-order valence-corrected chi connectivity index (χ1v) is 15.8. The standard InChI is InChI=1S/C36H42F2N4O3/c1-5-7-17-40(18-8-6-2)36(44)32-22-34(45-4)42(39-32)33-16-14-26(27-13-15-30(37)31(38)21-27)20-29(33)35(43)41-23-28-12-10-9-11-25(28)19-24(41)3/h9-16,20-22,24,35,43H,5-8,17-19,23H2,1-4H3. The molecule has 1 aliphatic rings. The number of ether oxygens (including phenoxy) is 1. The highest BCUT2D eigenvalue weighted by molar-refractivity contribution is 5.92. The highest BCUT2D eigenvalue weighted by atomic mass is 19.2. The summed E-state index contributed by atoms with van der Waals surface area (Å²) in [6.07, 6.45) is 3.42. The van der Waals surface area contributed by atoms with Gasteiger partial charge in [-0.25, -0.2) is 8.78 Å². The van der Waals surface area contributed by atoms with Crippen LogP contribution in [0, 0.1) is 11.6 Å². The molecule has 0 radical (unpaired) electrons. The summed E-state index contributed by atoms with van der Waals surface area (Å²) in [7, 11) is 1.52. The van der Waals surface area contributed by atoms with Crippen LogP contribution >= 0.6 is 0 Å². The van der Waals surface area contributed by atoms with E-state index in [1.54, 1.807) is 28.9 Å². The van der Waals surface area contributed by atoms with Gasteiger partial charge in [-0.05, 0) is 72.7 Å². The molecule has 1 aliphatic heterocycles. The summed E-state index contributed by atoms with van der Waals surface area (Å²) < 4.78 is 35.3. The smallest absolute Gasteiger partial charge is 0.274 e. The second-order valence-corrected chi connectivity index (χ2v) is 11.8. The lowest BCUT2D eigenvalue weighted by atomic mass is 9.93. The molecule has 7 nitrogen and oxygen atoms in total. The molecule has 0 saturated heterocycles. The maximum absolute atomic E-state index is 14.2. The number of carbonyl (C=O) groups excluding carboxylic acids is 1. The number of hydrogen-bond acceptors (Lipinski definition) is 5. The van der Waals surface area contributed by atoms with E-state index in [1.807, 2.05) is 21.9 Å². The molecule has 5 rings (SSSR count). The summed E-state index contributed by atoms with van der Waals surface area (Å²) >= 11 is 0. The van der Waals surface area contributed by atoms with E-state index in [2.05, 4.69) is 32.9 Å². The molecule has 4 aromatic rings. The first-order valence-electron chi connectivity index (χ1n) is 15.8. The molecule has 1 amide bonds. The molecule has 9 heteroatoms. The largest absolute Gasteiger partial charge is 0.481 e. The lowest BCUT2D eigenvalue weighted by Crippen LogP contribution is -2.41. The summed E-state index contributed by atoms with van der Waals surface area (Å²) in [5.74, 6) is -1.71. The van der Waals surface area contributed by atoms with Gasteiger partial charge in [0.25, 0.3) is 5.91 Å². The molecule has 2 heterocycles. The van der Waals surface area contributed by atoms with E-state index in [1.165, 1.54) is 18.7 Å². The molecule has 3 aromatic carbocycles. The average Bonchev–Trinajstić information content (AvgIpc) is 3.49. The van der Waals surface area contributed by atoms with E-state index < -0.39 is 17.9 Å². The van der Waals surface area contributed by atoms with Crippen LogP contribution in [0.2, 0.25) is 0 Å². The van der Waals surface area contributed by atoms with Crippen molar-refractivity contribution in [1.29, 1.82) is 0 Å². The van der Waals surface area contributed by atoms with E-state index >= 15 is 0 Å². The molecule has 0 spiro atoms. The van der Waals surface area contributed by atoms with Crippen molar-refractivity contribution in [3.63, 3.8) is 0 Å². The van der Waals surface area contributed by atoms with Gasteiger partial charge >= 0.3 is 0 Å². The SMILES string of the molecule is CCCCN(CCCC)C(=O)c1cc(OC)n(-c2ccc(-c3ccc(F)c(F)c3)cc2C(O)N2Cc3ccccc3CC2C)n1. The fourth-order valence-electron chi connectivity index (χ4n) is 5.98. The van der Waals surface area contributed by atoms with E-state index in [-0.39, 0.29) is 17.6 Å². The molecule has 0 saturated carbocycles. The minimum atomic E-state index is -1.08. The van der Waals surface area contributed by atoms with Crippen molar-refractivity contribution in [1.82, 2.24) is 19.6 Å². The molecular formula is C36H42F2N4O3. The van der Waals surface area contributed by atoms with E-state index in [0.29, 0.717) is 47.9 Å². The molecular weight excluding hydrogens is 574 g/mol. The molecule has 0 fully saturated rings. The number of unbranched alkanes of at least 4 members (excludes halogenated alkanes) is 2. The molecule has 238 valence electrons. The van der Waals surface area contributed by atoms with Crippen LogP contribution in [0.3, 0.4) is 0 Å². The van der Waals surface area contributed by atoms with Crippen molar-refractivity contribution >= 4 is 5.91 Å². The fourth-order valence-corrected chi connectivity index (χ4v) is 5.98. The van der Waals surface area contributed by atoms with Gasteiger partial charge in [0.2, 0.25) is 5.88 Å². The fraction of sp³-hybridized carbons (Fsp3) is 0.389. The zero-order valence-corrected chi connectivity index (χ0v) is 26.5. The van der Waals surface area contributed by atoms with Crippen molar-refractivity contribution in [2.75, 3.05) is 20.2 Å². The summed E-state index contributed by atoms with van der Waals surface area (Å²) in [5, 5.41) is 16.8. The van der Waals surface area contributed by atoms with E-state index in [0.717, 1.165) is 49.8 Å². The molecule has 2 atom stereocenters. The van der Waals surface area contributed by atoms with Crippen LogP contribution in [0.1, 0.15) is 79.9 Å². The summed E-state index contributed by atoms with van der Waals surface area (Å²) in [5.41, 5.74) is 4.72. The number of fused-ring (bicyclic) bond motifs is 1. The maximum atomic E-state index is 14.2. The number of hydrogen-bond donors (Lipinski definition) is 1. The molecule has 0 aliphatic carbocycles. The number of benzene rings is 3. The lowest BCUT2D eigenvalue weighted by molar-refractivity contribution is -0.0345. The van der Waals surface area contributed by atoms with Gasteiger partial charge in [-0.3, -0.25) is 9.69 Å². The second kappa shape index (κ2) is 14.3. The second-order valence-electron chi connectivity index (χ2n) is 11.8. The Kier molecular flexibility index (Phi) is 10.3. The Morgan fingerprint density at radius 1 is 0.978 bits per heavy atom. The van der Waals surface area contributed by atoms with Crippen LogP contribution < -0.4 is 4.74 Å². The van der Waals surface area contributed by atoms with Gasteiger partial charge < -0.3 is 14.7 Å². The van der Waals surface area contributed by atoms with Crippen molar-refractivity contribution in [3.05, 3.63) is 101 Å². The van der Waals surface area contributed by atoms with Crippen molar-refractivity contribution in [2.45, 2.75) is 71.7 Å². The number of aliphatic hydroxyl groups excluding tert-OH is 1. The monoisotopic (exact) mass is 616 g/mol. The molecule has 1 N–H and O–H groups in total. The highest BCUT2D eigenvalue weighted by Crippen LogP contribution is 2.36. The third-order valence-corrected chi connectivity index (χ3v) is 8.61. The van der Waals surface area contributed by atoms with E-state index in [4.69, 9.17) is 9.84 Å². The quantitative estimate of drug-likeness (QED) is 0.181. The minimum Gasteiger partial charge on any atom is -0.481 e. The van der Waals surface area contributed by atoms with Crippen molar-refractivity contribution in [3.8, 4) is 22.7 Å². The van der Waals surface area contributed by atoms with Crippen LogP contribution in [-0.2, 0) is 13.0 Å². The van der Waals surface area contributed by atoms with Gasteiger partial charge in [-0.1, -0.05) is 63.1 Å². The highest BCUT2D eigenvalue weighted by Gasteiger charge is 2.31. The Bertz CT molecular complexity index is 1630. The first kappa shape index (κ1) is 32.3. The number of carbonyl (C=O) groups is 1. The van der Waals surface area contributed by atoms with Crippen molar-refractivity contribution < 1.29 is 23.4 Å². The van der Waals surface area contributed by atoms with E-state index in [9.17, 15) is 18.7 Å². The summed E-state index contributed by atoms with van der Waals surface area (Å²) in [4.78, 5) is 17.5. The van der Waals surface area contributed by atoms with Crippen LogP contribution in [0.5, 0.6) is 5.88 Å². The van der Waals surface area contributed by atoms with Crippen LogP contribution in [-0.4, -0.2) is 56.8 Å². The number of amides is 1. The number of halogens is 2. The molecule has 0 bridgehead atoms. The lowest BCUT2D eigenvalue weighted by Gasteiger charge is -2.38. The van der Waals surface area contributed by atoms with Crippen LogP contribution in [0.4, 0.5) is 8.78 Å². The molecule has 45 heavy (non-hydrogen) atoms. The molecule has 2 unspecified atom stereocenters. The Morgan fingerprint density at radius 3 is 2.31 bits per heavy atom. The number of aliphatic hydroxyl groups is 1. The van der Waals surface area contributed by atoms with Gasteiger partial charge in [0.05, 0.1) is 12.8 Å². The van der Waals surface area contributed by atoms with Crippen LogP contribution in [0.15, 0.2) is 66.7 Å². The third kappa shape index (κ3) is 6.94. The number of nitrogens with zero attached hydrogens (tertiary/aromatic N) is 4. The predicted octanol–water partition coefficient (Wildman–Crippen LogP) is 7.31. The first-order chi connectivity index (χ1) is 21.7. The average molecular weight is 617 g/mol. The van der Waals surface area contributed by atoms with Crippen LogP contribution in [0.25, 0.3) is 16.8 Å². The Balaban J connectivity index is 1.59. The minimum absolute atomic E-state index is 0.0111. The zero-order valence-electron chi connectivity index (χ0n) is 26.5. The predicted molar refractivity (Wildman–Crippen MR) is 171 cm³/mol. The van der Waals surface area contributed by atoms with Gasteiger partial charge in [0.15, 0.2) is 17.3 Å². The molecule has 1 aromatic heterocycles. The Morgan fingerprint density at radius 2 is 1.64 bits per heavy atom. The zero-order chi connectivity index (χ0) is 32.1. The Labute approximate surface area is 264 Å². The maximum Gasteiger partial charge on any atom is 0.274 e. The number of aromatic nitrogens is 2. The summed E-state index contributed by atoms with van der Waals surface area (Å²) in [6.45, 7) is 8.08. The van der Waals surface area contributed by atoms with Gasteiger partial charge in [0.1, 0.15) is 6.23 Å². The number of rotatable bonds is 12. The normalized spacial score (nSPS) is 15.5. The summed E-state index contributed by atoms with van der Waals surface area (Å²) in [6, 6.07) is 18.9. The number of methoxy groups -OCH3 is 1. The third-order valence-electron chi connectivity index (χ3n) is 8.61. The van der Waals surface area contributed by atoms with Crippen molar-refractivity contribution in [2.24, 2.45) is 0 Å². The van der Waals surface area contributed by atoms with Gasteiger partial charge in [-0.2, -0.15) is 9.78 Å². The Hall–Kier alpha value is -4.08.